The van der Waals surface area contributed by atoms with Crippen LogP contribution in [0.15, 0.2) is 59.7 Å². The zero-order valence-electron chi connectivity index (χ0n) is 11.6. The van der Waals surface area contributed by atoms with Crippen molar-refractivity contribution in [3.05, 3.63) is 76.5 Å². The number of hydrogen-bond acceptors (Lipinski definition) is 1. The molecule has 0 bridgehead atoms. The summed E-state index contributed by atoms with van der Waals surface area (Å²) in [5.41, 5.74) is 5.36. The van der Waals surface area contributed by atoms with Crippen molar-refractivity contribution in [1.29, 1.82) is 0 Å². The summed E-state index contributed by atoms with van der Waals surface area (Å²) in [6.45, 7) is 4.11. The van der Waals surface area contributed by atoms with Crippen molar-refractivity contribution in [2.75, 3.05) is 0 Å². The van der Waals surface area contributed by atoms with Crippen LogP contribution in [0.4, 0.5) is 0 Å². The van der Waals surface area contributed by atoms with Crippen LogP contribution in [-0.4, -0.2) is 9.55 Å². The summed E-state index contributed by atoms with van der Waals surface area (Å²) in [4.78, 5) is 15.3. The molecule has 0 radical (unpaired) electrons. The van der Waals surface area contributed by atoms with Crippen molar-refractivity contribution in [2.45, 2.75) is 13.8 Å². The number of benzene rings is 1. The van der Waals surface area contributed by atoms with E-state index < -0.39 is 0 Å². The van der Waals surface area contributed by atoms with Crippen LogP contribution in [0.3, 0.4) is 0 Å². The highest BCUT2D eigenvalue weighted by atomic mass is 16.1. The lowest BCUT2D eigenvalue weighted by atomic mass is 10.0. The molecular formula is C17H16N2O. The van der Waals surface area contributed by atoms with E-state index in [1.807, 2.05) is 55.7 Å². The minimum atomic E-state index is -0.0224. The van der Waals surface area contributed by atoms with Crippen molar-refractivity contribution < 1.29 is 0 Å². The van der Waals surface area contributed by atoms with Crippen LogP contribution in [0.5, 0.6) is 0 Å². The zero-order chi connectivity index (χ0) is 14.1. The molecule has 0 atom stereocenters. The highest BCUT2D eigenvalue weighted by molar-refractivity contribution is 5.69. The molecule has 20 heavy (non-hydrogen) atoms. The lowest BCUT2D eigenvalue weighted by Crippen LogP contribution is -2.16. The molecule has 0 amide bonds. The van der Waals surface area contributed by atoms with Crippen LogP contribution < -0.4 is 5.56 Å². The third-order valence-corrected chi connectivity index (χ3v) is 3.51. The maximum Gasteiger partial charge on any atom is 0.255 e. The van der Waals surface area contributed by atoms with E-state index in [9.17, 15) is 4.79 Å². The topological polar surface area (TPSA) is 37.8 Å². The number of hydrogen-bond donors (Lipinski definition) is 1. The molecular weight excluding hydrogens is 248 g/mol. The highest BCUT2D eigenvalue weighted by Gasteiger charge is 2.09. The Hall–Kier alpha value is -2.55. The molecule has 0 spiro atoms. The molecule has 2 aromatic heterocycles. The molecule has 3 rings (SSSR count). The summed E-state index contributed by atoms with van der Waals surface area (Å²) in [7, 11) is 0. The summed E-state index contributed by atoms with van der Waals surface area (Å²) >= 11 is 0. The van der Waals surface area contributed by atoms with Gasteiger partial charge in [-0.25, -0.2) is 0 Å². The van der Waals surface area contributed by atoms with Gasteiger partial charge in [-0.3, -0.25) is 9.36 Å². The minimum absolute atomic E-state index is 0.0224. The summed E-state index contributed by atoms with van der Waals surface area (Å²) < 4.78 is 1.68. The van der Waals surface area contributed by atoms with E-state index in [4.69, 9.17) is 0 Å². The van der Waals surface area contributed by atoms with Gasteiger partial charge in [-0.2, -0.15) is 0 Å². The Labute approximate surface area is 117 Å². The molecule has 0 aliphatic carbocycles. The number of aromatic amines is 1. The lowest BCUT2D eigenvalue weighted by Gasteiger charge is -2.09. The van der Waals surface area contributed by atoms with Gasteiger partial charge in [0.2, 0.25) is 0 Å². The normalized spacial score (nSPS) is 10.7. The van der Waals surface area contributed by atoms with Crippen molar-refractivity contribution >= 4 is 0 Å². The van der Waals surface area contributed by atoms with Gasteiger partial charge in [0.05, 0.1) is 0 Å². The Balaban J connectivity index is 2.20. The number of aryl methyl sites for hydroxylation is 2. The number of pyridine rings is 1. The van der Waals surface area contributed by atoms with Crippen LogP contribution >= 0.6 is 0 Å². The van der Waals surface area contributed by atoms with Crippen molar-refractivity contribution in [2.24, 2.45) is 0 Å². The second-order valence-electron chi connectivity index (χ2n) is 4.93. The van der Waals surface area contributed by atoms with Crippen molar-refractivity contribution in [3.8, 4) is 16.8 Å². The first kappa shape index (κ1) is 12.5. The van der Waals surface area contributed by atoms with Crippen LogP contribution in [0, 0.1) is 13.8 Å². The van der Waals surface area contributed by atoms with E-state index >= 15 is 0 Å². The Morgan fingerprint density at radius 2 is 1.75 bits per heavy atom. The summed E-state index contributed by atoms with van der Waals surface area (Å²) in [5.74, 6) is 0. The fraction of sp³-hybridized carbons (Fsp3) is 0.118. The third-order valence-electron chi connectivity index (χ3n) is 3.51. The predicted octanol–water partition coefficient (Wildman–Crippen LogP) is 3.45. The van der Waals surface area contributed by atoms with E-state index in [-0.39, 0.29) is 5.56 Å². The summed E-state index contributed by atoms with van der Waals surface area (Å²) in [6, 6.07) is 13.2. The maximum absolute atomic E-state index is 12.1. The molecule has 0 aliphatic rings. The molecule has 100 valence electrons. The Morgan fingerprint density at radius 3 is 2.40 bits per heavy atom. The lowest BCUT2D eigenvalue weighted by molar-refractivity contribution is 0.992. The quantitative estimate of drug-likeness (QED) is 0.756. The number of para-hydroxylation sites is 1. The van der Waals surface area contributed by atoms with E-state index in [1.165, 1.54) is 5.56 Å². The van der Waals surface area contributed by atoms with E-state index in [0.717, 1.165) is 22.5 Å². The standard InChI is InChI=1S/C17H16N2O/c1-12-10-18-13(2)17(12)14-8-9-16(20)19(11-14)15-6-4-3-5-7-15/h3-11,18H,1-2H3. The molecule has 3 heteroatoms. The monoisotopic (exact) mass is 264 g/mol. The third kappa shape index (κ3) is 2.07. The fourth-order valence-electron chi connectivity index (χ4n) is 2.53. The zero-order valence-corrected chi connectivity index (χ0v) is 11.6. The van der Waals surface area contributed by atoms with Gasteiger partial charge in [0.1, 0.15) is 0 Å². The minimum Gasteiger partial charge on any atom is -0.364 e. The number of H-pyrrole nitrogens is 1. The van der Waals surface area contributed by atoms with Gasteiger partial charge in [-0.05, 0) is 37.6 Å². The first-order valence-corrected chi connectivity index (χ1v) is 6.60. The fourth-order valence-corrected chi connectivity index (χ4v) is 2.53. The van der Waals surface area contributed by atoms with Gasteiger partial charge in [-0.1, -0.05) is 18.2 Å². The summed E-state index contributed by atoms with van der Waals surface area (Å²) in [5, 5.41) is 0. The first-order chi connectivity index (χ1) is 9.66. The van der Waals surface area contributed by atoms with Crippen LogP contribution in [0.1, 0.15) is 11.3 Å². The molecule has 1 N–H and O–H groups in total. The predicted molar refractivity (Wildman–Crippen MR) is 81.3 cm³/mol. The molecule has 0 aliphatic heterocycles. The second kappa shape index (κ2) is 4.85. The number of rotatable bonds is 2. The molecule has 3 aromatic rings. The molecule has 2 heterocycles. The molecule has 0 saturated carbocycles. The van der Waals surface area contributed by atoms with Gasteiger partial charge in [-0.15, -0.1) is 0 Å². The number of nitrogens with zero attached hydrogens (tertiary/aromatic N) is 1. The van der Waals surface area contributed by atoms with Gasteiger partial charge < -0.3 is 4.98 Å². The van der Waals surface area contributed by atoms with Crippen LogP contribution in [0.2, 0.25) is 0 Å². The Kier molecular flexibility index (Phi) is 3.03. The number of aromatic nitrogens is 2. The highest BCUT2D eigenvalue weighted by Crippen LogP contribution is 2.26. The van der Waals surface area contributed by atoms with E-state index in [1.54, 1.807) is 10.6 Å². The molecule has 3 nitrogen and oxygen atoms in total. The van der Waals surface area contributed by atoms with Gasteiger partial charge in [0.15, 0.2) is 0 Å². The maximum atomic E-state index is 12.1. The average Bonchev–Trinajstić information content (AvgIpc) is 2.80. The van der Waals surface area contributed by atoms with Crippen LogP contribution in [-0.2, 0) is 0 Å². The Morgan fingerprint density at radius 1 is 1.00 bits per heavy atom. The molecule has 0 unspecified atom stereocenters. The molecule has 0 saturated heterocycles. The van der Waals surface area contributed by atoms with Crippen molar-refractivity contribution in [1.82, 2.24) is 9.55 Å². The van der Waals surface area contributed by atoms with Gasteiger partial charge >= 0.3 is 0 Å². The largest absolute Gasteiger partial charge is 0.364 e. The van der Waals surface area contributed by atoms with Crippen LogP contribution in [0.25, 0.3) is 16.8 Å². The molecule has 0 fully saturated rings. The average molecular weight is 264 g/mol. The summed E-state index contributed by atoms with van der Waals surface area (Å²) in [6.07, 6.45) is 3.89. The SMILES string of the molecule is Cc1c[nH]c(C)c1-c1ccc(=O)n(-c2ccccc2)c1. The van der Waals surface area contributed by atoms with Gasteiger partial charge in [0, 0.05) is 41.0 Å². The van der Waals surface area contributed by atoms with E-state index in [0.29, 0.717) is 0 Å². The molecule has 1 aromatic carbocycles. The van der Waals surface area contributed by atoms with E-state index in [2.05, 4.69) is 11.9 Å². The smallest absolute Gasteiger partial charge is 0.255 e. The first-order valence-electron chi connectivity index (χ1n) is 6.60. The van der Waals surface area contributed by atoms with Crippen molar-refractivity contribution in [3.63, 3.8) is 0 Å². The second-order valence-corrected chi connectivity index (χ2v) is 4.93. The number of nitrogens with one attached hydrogen (secondary N) is 1. The van der Waals surface area contributed by atoms with Gasteiger partial charge in [0.25, 0.3) is 5.56 Å². The Bertz CT molecular complexity index is 778.